The maximum Gasteiger partial charge on any atom is 0.408 e. The summed E-state index contributed by atoms with van der Waals surface area (Å²) in [6.45, 7) is -0.388. The lowest BCUT2D eigenvalue weighted by Crippen LogP contribution is -2.33. The average Bonchev–Trinajstić information content (AvgIpc) is 2.75. The number of carbonyl (C=O) groups is 1. The van der Waals surface area contributed by atoms with E-state index in [1.807, 2.05) is 0 Å². The van der Waals surface area contributed by atoms with E-state index in [1.165, 1.54) is 6.92 Å². The molecule has 0 bridgehead atoms. The Kier molecular flexibility index (Phi) is 4.99. The van der Waals surface area contributed by atoms with Crippen LogP contribution in [0.4, 0.5) is 13.2 Å². The predicted molar refractivity (Wildman–Crippen MR) is 64.9 cm³/mol. The third-order valence-corrected chi connectivity index (χ3v) is 4.39. The number of halogens is 3. The zero-order valence-corrected chi connectivity index (χ0v) is 12.0. The number of carboxylic acid groups (broad SMARTS) is 1. The van der Waals surface area contributed by atoms with Crippen LogP contribution >= 0.6 is 0 Å². The molecule has 0 aliphatic heterocycles. The van der Waals surface area contributed by atoms with Crippen molar-refractivity contribution >= 4 is 16.0 Å². The van der Waals surface area contributed by atoms with Gasteiger partial charge in [-0.1, -0.05) is 6.92 Å². The molecular formula is C10H14F3N3O4S. The number of aromatic nitrogens is 2. The standard InChI is InChI=1S/C10H14F3N3O4S/c1-7(9(17)18)4-15(2)21(19,20)8-3-14-16(5-8)6-10(11,12)13/h3,5,7H,4,6H2,1-2H3,(H,17,18). The molecule has 0 fully saturated rings. The molecule has 1 N–H and O–H groups in total. The van der Waals surface area contributed by atoms with Crippen LogP contribution < -0.4 is 0 Å². The Morgan fingerprint density at radius 2 is 2.10 bits per heavy atom. The first-order valence-electron chi connectivity index (χ1n) is 5.72. The third-order valence-electron chi connectivity index (χ3n) is 2.61. The molecule has 0 radical (unpaired) electrons. The molecule has 1 heterocycles. The number of hydrogen-bond acceptors (Lipinski definition) is 4. The first-order chi connectivity index (χ1) is 9.43. The largest absolute Gasteiger partial charge is 0.481 e. The molecular weight excluding hydrogens is 315 g/mol. The number of aliphatic carboxylic acids is 1. The van der Waals surface area contributed by atoms with Crippen molar-refractivity contribution in [1.29, 1.82) is 0 Å². The Labute approximate surface area is 119 Å². The van der Waals surface area contributed by atoms with Gasteiger partial charge in [0, 0.05) is 19.8 Å². The van der Waals surface area contributed by atoms with Crippen molar-refractivity contribution < 1.29 is 31.5 Å². The van der Waals surface area contributed by atoms with E-state index in [0.29, 0.717) is 4.68 Å². The van der Waals surface area contributed by atoms with Crippen molar-refractivity contribution in [2.75, 3.05) is 13.6 Å². The minimum atomic E-state index is -4.52. The van der Waals surface area contributed by atoms with Gasteiger partial charge in [0.15, 0.2) is 0 Å². The molecule has 1 atom stereocenters. The third kappa shape index (κ3) is 4.70. The van der Waals surface area contributed by atoms with Crippen molar-refractivity contribution in [3.05, 3.63) is 12.4 Å². The fraction of sp³-hybridized carbons (Fsp3) is 0.600. The average molecular weight is 329 g/mol. The predicted octanol–water partition coefficient (Wildman–Crippen LogP) is 0.787. The molecule has 1 aromatic heterocycles. The van der Waals surface area contributed by atoms with Gasteiger partial charge in [0.1, 0.15) is 11.4 Å². The van der Waals surface area contributed by atoms with Gasteiger partial charge >= 0.3 is 12.1 Å². The highest BCUT2D eigenvalue weighted by Gasteiger charge is 2.30. The van der Waals surface area contributed by atoms with Crippen LogP contribution in [0, 0.1) is 5.92 Å². The lowest BCUT2D eigenvalue weighted by atomic mass is 10.2. The smallest absolute Gasteiger partial charge is 0.408 e. The Bertz CT molecular complexity index is 611. The number of sulfonamides is 1. The molecule has 0 aliphatic carbocycles. The molecule has 21 heavy (non-hydrogen) atoms. The topological polar surface area (TPSA) is 92.5 Å². The number of nitrogens with zero attached hydrogens (tertiary/aromatic N) is 3. The molecule has 1 unspecified atom stereocenters. The van der Waals surface area contributed by atoms with Crippen LogP contribution in [0.5, 0.6) is 0 Å². The molecule has 0 amide bonds. The molecule has 0 saturated heterocycles. The van der Waals surface area contributed by atoms with E-state index in [0.717, 1.165) is 23.7 Å². The van der Waals surface area contributed by atoms with Crippen LogP contribution in [0.25, 0.3) is 0 Å². The molecule has 1 aromatic rings. The lowest BCUT2D eigenvalue weighted by molar-refractivity contribution is -0.143. The van der Waals surface area contributed by atoms with Gasteiger partial charge in [-0.25, -0.2) is 8.42 Å². The van der Waals surface area contributed by atoms with Gasteiger partial charge in [-0.05, 0) is 0 Å². The maximum absolute atomic E-state index is 12.2. The molecule has 120 valence electrons. The highest BCUT2D eigenvalue weighted by molar-refractivity contribution is 7.89. The summed E-state index contributed by atoms with van der Waals surface area (Å²) in [6.07, 6.45) is -2.97. The quantitative estimate of drug-likeness (QED) is 0.833. The zero-order valence-electron chi connectivity index (χ0n) is 11.2. The van der Waals surface area contributed by atoms with Gasteiger partial charge in [0.05, 0.1) is 12.1 Å². The first-order valence-corrected chi connectivity index (χ1v) is 7.16. The van der Waals surface area contributed by atoms with Crippen LogP contribution in [-0.4, -0.2) is 53.3 Å². The summed E-state index contributed by atoms with van der Waals surface area (Å²) < 4.78 is 61.9. The summed E-state index contributed by atoms with van der Waals surface area (Å²) in [5.41, 5.74) is 0. The molecule has 7 nitrogen and oxygen atoms in total. The summed E-state index contributed by atoms with van der Waals surface area (Å²) in [7, 11) is -2.93. The zero-order chi connectivity index (χ0) is 16.4. The van der Waals surface area contributed by atoms with Crippen molar-refractivity contribution in [3.8, 4) is 0 Å². The van der Waals surface area contributed by atoms with E-state index in [1.54, 1.807) is 0 Å². The Hall–Kier alpha value is -1.62. The summed E-state index contributed by atoms with van der Waals surface area (Å²) in [5, 5.41) is 12.1. The van der Waals surface area contributed by atoms with Crippen LogP contribution in [0.2, 0.25) is 0 Å². The maximum atomic E-state index is 12.2. The summed E-state index contributed by atoms with van der Waals surface area (Å²) in [5.74, 6) is -2.13. The summed E-state index contributed by atoms with van der Waals surface area (Å²) >= 11 is 0. The second-order valence-corrected chi connectivity index (χ2v) is 6.56. The van der Waals surface area contributed by atoms with Crippen LogP contribution in [0.3, 0.4) is 0 Å². The molecule has 0 aromatic carbocycles. The van der Waals surface area contributed by atoms with Crippen molar-refractivity contribution in [1.82, 2.24) is 14.1 Å². The first kappa shape index (κ1) is 17.4. The molecule has 0 spiro atoms. The van der Waals surface area contributed by atoms with Gasteiger partial charge in [-0.15, -0.1) is 0 Å². The Morgan fingerprint density at radius 1 is 1.52 bits per heavy atom. The van der Waals surface area contributed by atoms with Crippen LogP contribution in [0.1, 0.15) is 6.92 Å². The number of alkyl halides is 3. The second-order valence-electron chi connectivity index (χ2n) is 4.51. The van der Waals surface area contributed by atoms with E-state index >= 15 is 0 Å². The molecule has 0 aliphatic rings. The molecule has 11 heteroatoms. The van der Waals surface area contributed by atoms with Crippen molar-refractivity contribution in [2.45, 2.75) is 24.5 Å². The summed E-state index contributed by atoms with van der Waals surface area (Å²) in [6, 6.07) is 0. The van der Waals surface area contributed by atoms with E-state index in [4.69, 9.17) is 5.11 Å². The fourth-order valence-corrected chi connectivity index (χ4v) is 2.70. The monoisotopic (exact) mass is 329 g/mol. The highest BCUT2D eigenvalue weighted by atomic mass is 32.2. The SMILES string of the molecule is CC(CN(C)S(=O)(=O)c1cnn(CC(F)(F)F)c1)C(=O)O. The summed E-state index contributed by atoms with van der Waals surface area (Å²) in [4.78, 5) is 10.3. The van der Waals surface area contributed by atoms with Crippen molar-refractivity contribution in [3.63, 3.8) is 0 Å². The normalized spacial score (nSPS) is 14.4. The Balaban J connectivity index is 2.90. The molecule has 1 rings (SSSR count). The van der Waals surface area contributed by atoms with E-state index in [-0.39, 0.29) is 6.54 Å². The Morgan fingerprint density at radius 3 is 2.57 bits per heavy atom. The minimum Gasteiger partial charge on any atom is -0.481 e. The fourth-order valence-electron chi connectivity index (χ4n) is 1.49. The lowest BCUT2D eigenvalue weighted by Gasteiger charge is -2.18. The number of rotatable bonds is 6. The van der Waals surface area contributed by atoms with Gasteiger partial charge < -0.3 is 5.11 Å². The van der Waals surface area contributed by atoms with Crippen LogP contribution in [-0.2, 0) is 21.4 Å². The second kappa shape index (κ2) is 6.02. The van der Waals surface area contributed by atoms with E-state index < -0.39 is 39.5 Å². The van der Waals surface area contributed by atoms with Gasteiger partial charge in [-0.2, -0.15) is 22.6 Å². The van der Waals surface area contributed by atoms with Gasteiger partial charge in [0.2, 0.25) is 10.0 Å². The highest BCUT2D eigenvalue weighted by Crippen LogP contribution is 2.19. The number of carboxylic acids is 1. The van der Waals surface area contributed by atoms with Gasteiger partial charge in [0.25, 0.3) is 0 Å². The van der Waals surface area contributed by atoms with Gasteiger partial charge in [-0.3, -0.25) is 9.48 Å². The van der Waals surface area contributed by atoms with E-state index in [9.17, 15) is 26.4 Å². The molecule has 0 saturated carbocycles. The van der Waals surface area contributed by atoms with Crippen LogP contribution in [0.15, 0.2) is 17.3 Å². The van der Waals surface area contributed by atoms with Crippen molar-refractivity contribution in [2.24, 2.45) is 5.92 Å². The van der Waals surface area contributed by atoms with E-state index in [2.05, 4.69) is 5.10 Å². The minimum absolute atomic E-state index is 0.303. The number of hydrogen-bond donors (Lipinski definition) is 1.